The number of furan rings is 1. The largest absolute Gasteiger partial charge is 0.455 e. The third kappa shape index (κ3) is 3.58. The van der Waals surface area contributed by atoms with Crippen LogP contribution in [0.25, 0.3) is 87.6 Å². The summed E-state index contributed by atoms with van der Waals surface area (Å²) < 4.78 is 6.89. The molecule has 1 aromatic heterocycles. The Hall–Kier alpha value is -5.66. The molecule has 0 aliphatic rings. The van der Waals surface area contributed by atoms with Crippen LogP contribution in [0.3, 0.4) is 0 Å². The van der Waals surface area contributed by atoms with E-state index in [0.29, 0.717) is 0 Å². The molecule has 1 nitrogen and oxygen atoms in total. The van der Waals surface area contributed by atoms with Crippen molar-refractivity contribution in [1.82, 2.24) is 0 Å². The normalized spacial score (nSPS) is 11.7. The first-order chi connectivity index (χ1) is 21.4. The van der Waals surface area contributed by atoms with E-state index in [1.807, 2.05) is 0 Å². The first-order valence-electron chi connectivity index (χ1n) is 14.8. The van der Waals surface area contributed by atoms with Gasteiger partial charge in [0, 0.05) is 27.5 Å². The van der Waals surface area contributed by atoms with E-state index < -0.39 is 0 Å². The van der Waals surface area contributed by atoms with Gasteiger partial charge < -0.3 is 4.42 Å². The van der Waals surface area contributed by atoms with E-state index in [4.69, 9.17) is 4.42 Å². The number of para-hydroxylation sites is 2. The molecule has 0 aliphatic heterocycles. The van der Waals surface area contributed by atoms with Gasteiger partial charge in [0.1, 0.15) is 11.2 Å². The van der Waals surface area contributed by atoms with Gasteiger partial charge in [-0.15, -0.1) is 0 Å². The molecule has 1 heteroatoms. The van der Waals surface area contributed by atoms with E-state index in [2.05, 4.69) is 158 Å². The van der Waals surface area contributed by atoms with Gasteiger partial charge in [0.05, 0.1) is 0 Å². The topological polar surface area (TPSA) is 13.1 Å². The van der Waals surface area contributed by atoms with Crippen LogP contribution in [-0.4, -0.2) is 0 Å². The van der Waals surface area contributed by atoms with Gasteiger partial charge >= 0.3 is 0 Å². The molecule has 0 saturated heterocycles. The second kappa shape index (κ2) is 9.44. The van der Waals surface area contributed by atoms with Crippen LogP contribution in [-0.2, 0) is 0 Å². The van der Waals surface area contributed by atoms with Gasteiger partial charge in [0.2, 0.25) is 0 Å². The summed E-state index contributed by atoms with van der Waals surface area (Å²) in [5, 5.41) is 9.71. The van der Waals surface area contributed by atoms with Crippen molar-refractivity contribution in [3.05, 3.63) is 158 Å². The SMILES string of the molecule is c1ccc(-c2cccc3c2oc2c(-c4c5ccccc5c(-c5cccc6ccccc56)c5ccccc45)cccc23)cc1. The van der Waals surface area contributed by atoms with Crippen molar-refractivity contribution in [3.8, 4) is 33.4 Å². The number of benzene rings is 8. The Morgan fingerprint density at radius 3 is 1.35 bits per heavy atom. The highest BCUT2D eigenvalue weighted by atomic mass is 16.3. The van der Waals surface area contributed by atoms with Crippen LogP contribution in [0.2, 0.25) is 0 Å². The molecule has 9 rings (SSSR count). The lowest BCUT2D eigenvalue weighted by Crippen LogP contribution is -1.91. The van der Waals surface area contributed by atoms with Crippen molar-refractivity contribution in [2.45, 2.75) is 0 Å². The Morgan fingerprint density at radius 1 is 0.279 bits per heavy atom. The summed E-state index contributed by atoms with van der Waals surface area (Å²) in [6, 6.07) is 56.6. The molecule has 1 heterocycles. The second-order valence-electron chi connectivity index (χ2n) is 11.2. The van der Waals surface area contributed by atoms with Crippen molar-refractivity contribution >= 4 is 54.3 Å². The summed E-state index contributed by atoms with van der Waals surface area (Å²) >= 11 is 0. The van der Waals surface area contributed by atoms with Crippen molar-refractivity contribution in [3.63, 3.8) is 0 Å². The molecule has 0 spiro atoms. The minimum absolute atomic E-state index is 0.925. The molecule has 0 unspecified atom stereocenters. The van der Waals surface area contributed by atoms with Crippen molar-refractivity contribution in [2.75, 3.05) is 0 Å². The molecular weight excluding hydrogens is 520 g/mol. The van der Waals surface area contributed by atoms with Crippen molar-refractivity contribution < 1.29 is 4.42 Å². The van der Waals surface area contributed by atoms with E-state index in [1.54, 1.807) is 0 Å². The highest BCUT2D eigenvalue weighted by molar-refractivity contribution is 6.26. The van der Waals surface area contributed by atoms with Crippen LogP contribution in [0, 0.1) is 0 Å². The van der Waals surface area contributed by atoms with E-state index in [9.17, 15) is 0 Å². The van der Waals surface area contributed by atoms with Crippen LogP contribution >= 0.6 is 0 Å². The lowest BCUT2D eigenvalue weighted by Gasteiger charge is -2.18. The van der Waals surface area contributed by atoms with E-state index >= 15 is 0 Å². The summed E-state index contributed by atoms with van der Waals surface area (Å²) in [6.45, 7) is 0. The van der Waals surface area contributed by atoms with Gasteiger partial charge in [-0.3, -0.25) is 0 Å². The number of fused-ring (bicyclic) bond motifs is 6. The van der Waals surface area contributed by atoms with E-state index in [0.717, 1.165) is 38.6 Å². The maximum Gasteiger partial charge on any atom is 0.143 e. The maximum atomic E-state index is 6.89. The molecule has 200 valence electrons. The molecule has 0 N–H and O–H groups in total. The Balaban J connectivity index is 1.41. The predicted octanol–water partition coefficient (Wildman–Crippen LogP) is 12.0. The number of rotatable bonds is 3. The van der Waals surface area contributed by atoms with Crippen LogP contribution in [0.4, 0.5) is 0 Å². The molecule has 0 aliphatic carbocycles. The Morgan fingerprint density at radius 2 is 0.698 bits per heavy atom. The fourth-order valence-electron chi connectivity index (χ4n) is 7.01. The third-order valence-electron chi connectivity index (χ3n) is 8.87. The van der Waals surface area contributed by atoms with E-state index in [-0.39, 0.29) is 0 Å². The van der Waals surface area contributed by atoms with E-state index in [1.165, 1.54) is 49.0 Å². The zero-order valence-corrected chi connectivity index (χ0v) is 23.4. The molecule has 0 saturated carbocycles. The summed E-state index contributed by atoms with van der Waals surface area (Å²) in [7, 11) is 0. The lowest BCUT2D eigenvalue weighted by atomic mass is 9.84. The smallest absolute Gasteiger partial charge is 0.143 e. The highest BCUT2D eigenvalue weighted by Crippen LogP contribution is 2.48. The van der Waals surface area contributed by atoms with Crippen LogP contribution in [0.15, 0.2) is 162 Å². The zero-order chi connectivity index (χ0) is 28.3. The van der Waals surface area contributed by atoms with Gasteiger partial charge in [-0.05, 0) is 49.0 Å². The third-order valence-corrected chi connectivity index (χ3v) is 8.87. The van der Waals surface area contributed by atoms with Crippen LogP contribution < -0.4 is 0 Å². The maximum absolute atomic E-state index is 6.89. The Labute approximate surface area is 249 Å². The highest BCUT2D eigenvalue weighted by Gasteiger charge is 2.21. The predicted molar refractivity (Wildman–Crippen MR) is 183 cm³/mol. The fraction of sp³-hybridized carbons (Fsp3) is 0. The molecule has 8 aromatic carbocycles. The number of hydrogen-bond acceptors (Lipinski definition) is 1. The minimum Gasteiger partial charge on any atom is -0.455 e. The summed E-state index contributed by atoms with van der Waals surface area (Å²) in [5.41, 5.74) is 8.98. The van der Waals surface area contributed by atoms with Gasteiger partial charge in [-0.25, -0.2) is 0 Å². The molecular formula is C42H26O. The molecule has 0 atom stereocenters. The molecule has 0 amide bonds. The minimum atomic E-state index is 0.925. The molecule has 0 bridgehead atoms. The van der Waals surface area contributed by atoms with Crippen molar-refractivity contribution in [2.24, 2.45) is 0 Å². The van der Waals surface area contributed by atoms with Gasteiger partial charge in [0.25, 0.3) is 0 Å². The first-order valence-corrected chi connectivity index (χ1v) is 14.8. The summed E-state index contributed by atoms with van der Waals surface area (Å²) in [4.78, 5) is 0. The van der Waals surface area contributed by atoms with Gasteiger partial charge in [-0.1, -0.05) is 158 Å². The summed E-state index contributed by atoms with van der Waals surface area (Å²) in [6.07, 6.45) is 0. The molecule has 9 aromatic rings. The lowest BCUT2D eigenvalue weighted by molar-refractivity contribution is 0.671. The van der Waals surface area contributed by atoms with Crippen LogP contribution in [0.5, 0.6) is 0 Å². The quantitative estimate of drug-likeness (QED) is 0.201. The second-order valence-corrected chi connectivity index (χ2v) is 11.2. The summed E-state index contributed by atoms with van der Waals surface area (Å²) in [5.74, 6) is 0. The van der Waals surface area contributed by atoms with Crippen LogP contribution in [0.1, 0.15) is 0 Å². The standard InChI is InChI=1S/C42H26O/c1-2-13-28(14-3-1)30-22-11-24-36-37-25-12-26-38(42(37)43-41(30)36)40-34-20-8-6-18-32(34)39(33-19-7-9-21-35(33)40)31-23-10-16-27-15-4-5-17-29(27)31/h1-26H. The first kappa shape index (κ1) is 24.0. The van der Waals surface area contributed by atoms with Crippen molar-refractivity contribution in [1.29, 1.82) is 0 Å². The molecule has 0 fully saturated rings. The van der Waals surface area contributed by atoms with Gasteiger partial charge in [0.15, 0.2) is 0 Å². The van der Waals surface area contributed by atoms with Gasteiger partial charge in [-0.2, -0.15) is 0 Å². The average Bonchev–Trinajstić information content (AvgIpc) is 3.47. The molecule has 0 radical (unpaired) electrons. The Bertz CT molecular complexity index is 2440. The zero-order valence-electron chi connectivity index (χ0n) is 23.4. The fourth-order valence-corrected chi connectivity index (χ4v) is 7.01. The molecule has 43 heavy (non-hydrogen) atoms. The monoisotopic (exact) mass is 546 g/mol. The Kier molecular flexibility index (Phi) is 5.27. The average molecular weight is 547 g/mol. The number of hydrogen-bond donors (Lipinski definition) is 0.